The van der Waals surface area contributed by atoms with Crippen molar-refractivity contribution in [3.05, 3.63) is 120 Å². The van der Waals surface area contributed by atoms with E-state index >= 15 is 0 Å². The summed E-state index contributed by atoms with van der Waals surface area (Å²) < 4.78 is 10.5. The largest absolute Gasteiger partial charge is 2.00 e. The summed E-state index contributed by atoms with van der Waals surface area (Å²) in [5.74, 6) is -4.73. The molecule has 332 valence electrons. The second-order valence-electron chi connectivity index (χ2n) is 16.1. The van der Waals surface area contributed by atoms with E-state index in [1.165, 1.54) is 0 Å². The Hall–Kier alpha value is -5.04. The van der Waals surface area contributed by atoms with Gasteiger partial charge in [-0.25, -0.2) is 0 Å². The molecule has 63 heavy (non-hydrogen) atoms. The number of carbonyl (C=O) groups excluding carboxylic acids is 6. The predicted molar refractivity (Wildman–Crippen MR) is 239 cm³/mol. The molecule has 13 heteroatoms. The van der Waals surface area contributed by atoms with Crippen molar-refractivity contribution in [2.75, 3.05) is 0 Å². The van der Waals surface area contributed by atoms with Gasteiger partial charge in [-0.1, -0.05) is 123 Å². The summed E-state index contributed by atoms with van der Waals surface area (Å²) in [6, 6.07) is 35.5. The van der Waals surface area contributed by atoms with Gasteiger partial charge in [0.15, 0.2) is 0 Å². The number of carbonyl (C=O) groups is 6. The minimum Gasteiger partial charge on any atom is -0.550 e. The van der Waals surface area contributed by atoms with Crippen LogP contribution >= 0.6 is 0 Å². The Morgan fingerprint density at radius 1 is 0.460 bits per heavy atom. The normalized spacial score (nSPS) is 12.6. The van der Waals surface area contributed by atoms with Crippen molar-refractivity contribution in [2.24, 2.45) is 11.8 Å². The van der Waals surface area contributed by atoms with Crippen molar-refractivity contribution in [3.63, 3.8) is 0 Å². The number of carboxylic acids is 2. The van der Waals surface area contributed by atoms with E-state index in [0.29, 0.717) is 25.7 Å². The smallest absolute Gasteiger partial charge is 0.550 e. The van der Waals surface area contributed by atoms with Crippen LogP contribution in [0, 0.1) is 11.8 Å². The van der Waals surface area contributed by atoms with E-state index in [1.807, 2.05) is 109 Å². The maximum atomic E-state index is 12.2. The van der Waals surface area contributed by atoms with E-state index in [0.717, 1.165) is 33.4 Å². The van der Waals surface area contributed by atoms with E-state index in [9.17, 15) is 39.0 Å². The summed E-state index contributed by atoms with van der Waals surface area (Å²) in [6.45, 7) is 10.7. The van der Waals surface area contributed by atoms with Gasteiger partial charge in [-0.05, 0) is 99.6 Å². The van der Waals surface area contributed by atoms with Crippen molar-refractivity contribution in [3.8, 4) is 22.3 Å². The van der Waals surface area contributed by atoms with Crippen molar-refractivity contribution >= 4 is 73.4 Å². The second-order valence-corrected chi connectivity index (χ2v) is 16.1. The standard InChI is InChI=1S/2C25H31NO5.Ca/c2*1-17(2)31-25(30)18(3)15-22(26-23(27)13-14-24(28)29)16-19-9-11-21(12-10-19)20-7-5-4-6-8-20;/h2*4-12,17-18,22H,13-16H2,1-3H3,(H,26,27)(H,28,29);/q;;+2/p-2/t2*18-,22+;/m11./s1. The van der Waals surface area contributed by atoms with Gasteiger partial charge in [0.2, 0.25) is 11.8 Å². The van der Waals surface area contributed by atoms with Crippen LogP contribution in [0.5, 0.6) is 0 Å². The molecule has 2 N–H and O–H groups in total. The Labute approximate surface area is 401 Å². The van der Waals surface area contributed by atoms with Gasteiger partial charge < -0.3 is 39.9 Å². The van der Waals surface area contributed by atoms with Gasteiger partial charge in [0.25, 0.3) is 0 Å². The van der Waals surface area contributed by atoms with Crippen LogP contribution in [-0.4, -0.2) is 97.7 Å². The number of ether oxygens (including phenoxy) is 2. The fraction of sp³-hybridized carbons (Fsp3) is 0.400. The molecule has 0 spiro atoms. The summed E-state index contributed by atoms with van der Waals surface area (Å²) in [7, 11) is 0. The van der Waals surface area contributed by atoms with E-state index in [-0.39, 0.29) is 111 Å². The van der Waals surface area contributed by atoms with Crippen molar-refractivity contribution in [2.45, 2.75) is 117 Å². The number of hydrogen-bond acceptors (Lipinski definition) is 10. The van der Waals surface area contributed by atoms with Crippen LogP contribution in [0.2, 0.25) is 0 Å². The monoisotopic (exact) mass is 888 g/mol. The average Bonchev–Trinajstić information content (AvgIpc) is 3.23. The number of benzene rings is 4. The van der Waals surface area contributed by atoms with E-state index in [1.54, 1.807) is 41.5 Å². The predicted octanol–water partition coefficient (Wildman–Crippen LogP) is 5.40. The average molecular weight is 889 g/mol. The first kappa shape index (κ1) is 54.1. The molecular formula is C50H60CaN2O10. The quantitative estimate of drug-likeness (QED) is 0.0764. The van der Waals surface area contributed by atoms with E-state index < -0.39 is 23.8 Å². The molecule has 4 atom stereocenters. The Morgan fingerprint density at radius 2 is 0.762 bits per heavy atom. The van der Waals surface area contributed by atoms with Gasteiger partial charge in [-0.2, -0.15) is 0 Å². The van der Waals surface area contributed by atoms with Crippen LogP contribution in [0.1, 0.15) is 91.2 Å². The Balaban J connectivity index is 0.000000427. The Bertz CT molecular complexity index is 1880. The fourth-order valence-corrected chi connectivity index (χ4v) is 6.66. The summed E-state index contributed by atoms with van der Waals surface area (Å²) in [4.78, 5) is 70.1. The fourth-order valence-electron chi connectivity index (χ4n) is 6.66. The zero-order valence-electron chi connectivity index (χ0n) is 37.3. The molecule has 0 aliphatic heterocycles. The second kappa shape index (κ2) is 28.6. The first-order chi connectivity index (χ1) is 29.5. The molecule has 0 fully saturated rings. The third-order valence-corrected chi connectivity index (χ3v) is 9.71. The van der Waals surface area contributed by atoms with Crippen LogP contribution in [0.4, 0.5) is 0 Å². The molecule has 0 aliphatic carbocycles. The number of carboxylic acid groups (broad SMARTS) is 2. The molecule has 2 amide bonds. The maximum Gasteiger partial charge on any atom is 2.00 e. The number of hydrogen-bond donors (Lipinski definition) is 2. The molecule has 0 aliphatic rings. The van der Waals surface area contributed by atoms with Gasteiger partial charge in [-0.15, -0.1) is 0 Å². The molecule has 0 aromatic heterocycles. The van der Waals surface area contributed by atoms with Crippen LogP contribution in [0.25, 0.3) is 22.3 Å². The summed E-state index contributed by atoms with van der Waals surface area (Å²) in [5, 5.41) is 27.0. The van der Waals surface area contributed by atoms with E-state index in [2.05, 4.69) is 10.6 Å². The van der Waals surface area contributed by atoms with Crippen molar-refractivity contribution in [1.29, 1.82) is 0 Å². The van der Waals surface area contributed by atoms with Gasteiger partial charge in [-0.3, -0.25) is 19.2 Å². The molecule has 0 saturated heterocycles. The van der Waals surface area contributed by atoms with Crippen molar-refractivity contribution < 1.29 is 48.5 Å². The minimum atomic E-state index is -1.27. The topological polar surface area (TPSA) is 191 Å². The summed E-state index contributed by atoms with van der Waals surface area (Å²) >= 11 is 0. The number of nitrogens with one attached hydrogen (secondary N) is 2. The van der Waals surface area contributed by atoms with Crippen LogP contribution in [0.3, 0.4) is 0 Å². The van der Waals surface area contributed by atoms with Gasteiger partial charge in [0, 0.05) is 36.9 Å². The van der Waals surface area contributed by atoms with Gasteiger partial charge >= 0.3 is 49.7 Å². The number of amides is 2. The van der Waals surface area contributed by atoms with Crippen molar-refractivity contribution in [1.82, 2.24) is 10.6 Å². The van der Waals surface area contributed by atoms with Crippen LogP contribution in [-0.2, 0) is 51.1 Å². The molecule has 0 unspecified atom stereocenters. The third kappa shape index (κ3) is 21.7. The Morgan fingerprint density at radius 3 is 1.05 bits per heavy atom. The molecule has 0 heterocycles. The molecule has 0 radical (unpaired) electrons. The Kier molecular flexibility index (Phi) is 24.6. The van der Waals surface area contributed by atoms with Crippen LogP contribution in [0.15, 0.2) is 109 Å². The minimum absolute atomic E-state index is 0. The number of aliphatic carboxylic acids is 2. The SMILES string of the molecule is CC(C)OC(=O)[C@H](C)C[C@@H](Cc1ccc(-c2ccccc2)cc1)NC(=O)CCC(=O)[O-].CC(C)OC(=O)[C@H](C)C[C@@H](Cc1ccc(-c2ccccc2)cc1)NC(=O)CCC(=O)[O-].[Ca+2]. The molecule has 4 aromatic rings. The van der Waals surface area contributed by atoms with Gasteiger partial charge in [0.1, 0.15) is 0 Å². The van der Waals surface area contributed by atoms with Crippen LogP contribution < -0.4 is 20.8 Å². The zero-order chi connectivity index (χ0) is 45.6. The first-order valence-electron chi connectivity index (χ1n) is 21.2. The summed E-state index contributed by atoms with van der Waals surface area (Å²) in [6.07, 6.45) is 0.411. The first-order valence-corrected chi connectivity index (χ1v) is 21.2. The molecule has 4 aromatic carbocycles. The van der Waals surface area contributed by atoms with Gasteiger partial charge in [0.05, 0.1) is 24.0 Å². The molecule has 4 rings (SSSR count). The molecule has 12 nitrogen and oxygen atoms in total. The number of esters is 2. The molecular weight excluding hydrogens is 829 g/mol. The third-order valence-electron chi connectivity index (χ3n) is 9.71. The molecule has 0 saturated carbocycles. The molecule has 0 bridgehead atoms. The number of rotatable bonds is 22. The zero-order valence-corrected chi connectivity index (χ0v) is 39.5. The maximum absolute atomic E-state index is 12.2. The van der Waals surface area contributed by atoms with E-state index in [4.69, 9.17) is 9.47 Å². The summed E-state index contributed by atoms with van der Waals surface area (Å²) in [5.41, 5.74) is 6.43.